The first-order valence-corrected chi connectivity index (χ1v) is 11.0. The van der Waals surface area contributed by atoms with Crippen LogP contribution in [0.1, 0.15) is 19.8 Å². The predicted octanol–water partition coefficient (Wildman–Crippen LogP) is 2.40. The standard InChI is InChI=1S/C20H26N2O4S/c1-2-27(24,25)22-12-5-8-18(15-22)20(23)21-11-13-26-19-10-9-16-6-3-4-7-17(16)14-19/h3-4,6-7,9-10,14,18H,2,5,8,11-13,15H2,1H3,(H,21,23)/t18-/m0/s1. The molecule has 0 radical (unpaired) electrons. The minimum absolute atomic E-state index is 0.0704. The number of carbonyl (C=O) groups excluding carboxylic acids is 1. The predicted molar refractivity (Wildman–Crippen MR) is 106 cm³/mol. The van der Waals surface area contributed by atoms with Crippen molar-refractivity contribution in [3.63, 3.8) is 0 Å². The minimum atomic E-state index is -3.24. The van der Waals surface area contributed by atoms with Gasteiger partial charge in [-0.15, -0.1) is 0 Å². The normalized spacial score (nSPS) is 18.3. The van der Waals surface area contributed by atoms with E-state index in [0.717, 1.165) is 16.5 Å². The van der Waals surface area contributed by atoms with Gasteiger partial charge in [0.05, 0.1) is 18.2 Å². The van der Waals surface area contributed by atoms with Crippen molar-refractivity contribution in [1.29, 1.82) is 0 Å². The Labute approximate surface area is 160 Å². The van der Waals surface area contributed by atoms with Gasteiger partial charge in [0.1, 0.15) is 12.4 Å². The van der Waals surface area contributed by atoms with Gasteiger partial charge in [-0.2, -0.15) is 0 Å². The van der Waals surface area contributed by atoms with E-state index in [4.69, 9.17) is 4.74 Å². The van der Waals surface area contributed by atoms with Gasteiger partial charge in [0.25, 0.3) is 0 Å². The SMILES string of the molecule is CCS(=O)(=O)N1CCC[C@H](C(=O)NCCOc2ccc3ccccc3c2)C1. The number of nitrogens with one attached hydrogen (secondary N) is 1. The molecule has 1 aliphatic rings. The number of hydrogen-bond acceptors (Lipinski definition) is 4. The van der Waals surface area contributed by atoms with E-state index in [-0.39, 0.29) is 24.1 Å². The second-order valence-electron chi connectivity index (χ2n) is 6.75. The van der Waals surface area contributed by atoms with Crippen molar-refractivity contribution in [2.45, 2.75) is 19.8 Å². The molecule has 1 fully saturated rings. The van der Waals surface area contributed by atoms with E-state index < -0.39 is 10.0 Å². The summed E-state index contributed by atoms with van der Waals surface area (Å²) < 4.78 is 31.2. The van der Waals surface area contributed by atoms with Crippen molar-refractivity contribution in [3.8, 4) is 5.75 Å². The van der Waals surface area contributed by atoms with Crippen LogP contribution in [0.5, 0.6) is 5.75 Å². The molecule has 2 aromatic rings. The monoisotopic (exact) mass is 390 g/mol. The molecule has 2 aromatic carbocycles. The molecule has 1 atom stereocenters. The Balaban J connectivity index is 1.46. The summed E-state index contributed by atoms with van der Waals surface area (Å²) in [7, 11) is -3.24. The Morgan fingerprint density at radius 3 is 2.78 bits per heavy atom. The maximum atomic E-state index is 12.4. The molecule has 27 heavy (non-hydrogen) atoms. The maximum absolute atomic E-state index is 12.4. The smallest absolute Gasteiger partial charge is 0.224 e. The van der Waals surface area contributed by atoms with E-state index >= 15 is 0 Å². The molecule has 0 aliphatic carbocycles. The van der Waals surface area contributed by atoms with Gasteiger partial charge in [0, 0.05) is 13.1 Å². The number of piperidine rings is 1. The molecule has 146 valence electrons. The summed E-state index contributed by atoms with van der Waals surface area (Å²) in [6, 6.07) is 14.0. The molecule has 1 heterocycles. The van der Waals surface area contributed by atoms with Crippen molar-refractivity contribution in [3.05, 3.63) is 42.5 Å². The van der Waals surface area contributed by atoms with E-state index in [1.165, 1.54) is 4.31 Å². The summed E-state index contributed by atoms with van der Waals surface area (Å²) in [5.41, 5.74) is 0. The minimum Gasteiger partial charge on any atom is -0.492 e. The molecule has 1 saturated heterocycles. The highest BCUT2D eigenvalue weighted by molar-refractivity contribution is 7.89. The maximum Gasteiger partial charge on any atom is 0.224 e. The zero-order chi connectivity index (χ0) is 19.3. The zero-order valence-corrected chi connectivity index (χ0v) is 16.4. The fraction of sp³-hybridized carbons (Fsp3) is 0.450. The summed E-state index contributed by atoms with van der Waals surface area (Å²) in [4.78, 5) is 12.4. The average Bonchev–Trinajstić information content (AvgIpc) is 2.71. The zero-order valence-electron chi connectivity index (χ0n) is 15.6. The highest BCUT2D eigenvalue weighted by Gasteiger charge is 2.31. The lowest BCUT2D eigenvalue weighted by Crippen LogP contribution is -2.46. The first kappa shape index (κ1) is 19.6. The van der Waals surface area contributed by atoms with Crippen LogP contribution in [0.3, 0.4) is 0 Å². The lowest BCUT2D eigenvalue weighted by molar-refractivity contribution is -0.126. The Bertz CT molecular complexity index is 898. The van der Waals surface area contributed by atoms with Crippen LogP contribution in [0.2, 0.25) is 0 Å². The molecule has 1 N–H and O–H groups in total. The van der Waals surface area contributed by atoms with Crippen LogP contribution in [0, 0.1) is 5.92 Å². The van der Waals surface area contributed by atoms with Crippen molar-refractivity contribution in [2.24, 2.45) is 5.92 Å². The van der Waals surface area contributed by atoms with E-state index in [1.807, 2.05) is 42.5 Å². The Morgan fingerprint density at radius 2 is 2.00 bits per heavy atom. The highest BCUT2D eigenvalue weighted by atomic mass is 32.2. The molecule has 0 spiro atoms. The number of amides is 1. The number of ether oxygens (including phenoxy) is 1. The van der Waals surface area contributed by atoms with E-state index in [1.54, 1.807) is 6.92 Å². The molecule has 3 rings (SSSR count). The third-order valence-electron chi connectivity index (χ3n) is 4.90. The van der Waals surface area contributed by atoms with Gasteiger partial charge in [-0.05, 0) is 42.7 Å². The molecule has 1 aliphatic heterocycles. The second-order valence-corrected chi connectivity index (χ2v) is 9.00. The summed E-state index contributed by atoms with van der Waals surface area (Å²) in [5.74, 6) is 0.440. The topological polar surface area (TPSA) is 75.7 Å². The van der Waals surface area contributed by atoms with Gasteiger partial charge in [0.2, 0.25) is 15.9 Å². The van der Waals surface area contributed by atoms with Crippen molar-refractivity contribution < 1.29 is 17.9 Å². The number of benzene rings is 2. The Morgan fingerprint density at radius 1 is 1.22 bits per heavy atom. The van der Waals surface area contributed by atoms with Gasteiger partial charge in [-0.3, -0.25) is 4.79 Å². The molecule has 0 saturated carbocycles. The fourth-order valence-corrected chi connectivity index (χ4v) is 4.52. The second kappa shape index (κ2) is 8.71. The van der Waals surface area contributed by atoms with Gasteiger partial charge in [0.15, 0.2) is 0 Å². The molecule has 0 bridgehead atoms. The van der Waals surface area contributed by atoms with Crippen LogP contribution in [0.15, 0.2) is 42.5 Å². The third-order valence-corrected chi connectivity index (χ3v) is 6.75. The third kappa shape index (κ3) is 4.99. The Hall–Kier alpha value is -2.12. The van der Waals surface area contributed by atoms with E-state index in [9.17, 15) is 13.2 Å². The quantitative estimate of drug-likeness (QED) is 0.737. The van der Waals surface area contributed by atoms with Crippen molar-refractivity contribution in [2.75, 3.05) is 32.0 Å². The summed E-state index contributed by atoms with van der Waals surface area (Å²) in [6.45, 7) is 3.16. The van der Waals surface area contributed by atoms with Gasteiger partial charge < -0.3 is 10.1 Å². The summed E-state index contributed by atoms with van der Waals surface area (Å²) in [5, 5.41) is 5.13. The molecule has 1 amide bonds. The van der Waals surface area contributed by atoms with Crippen LogP contribution in [0.4, 0.5) is 0 Å². The largest absolute Gasteiger partial charge is 0.492 e. The van der Waals surface area contributed by atoms with E-state index in [2.05, 4.69) is 5.32 Å². The number of carbonyl (C=O) groups is 1. The number of sulfonamides is 1. The lowest BCUT2D eigenvalue weighted by atomic mass is 9.99. The van der Waals surface area contributed by atoms with Crippen molar-refractivity contribution >= 4 is 26.7 Å². The number of fused-ring (bicyclic) bond motifs is 1. The molecule has 7 heteroatoms. The van der Waals surface area contributed by atoms with Gasteiger partial charge in [-0.1, -0.05) is 30.3 Å². The van der Waals surface area contributed by atoms with Crippen LogP contribution >= 0.6 is 0 Å². The van der Waals surface area contributed by atoms with Crippen LogP contribution in [-0.4, -0.2) is 50.6 Å². The van der Waals surface area contributed by atoms with Gasteiger partial charge in [-0.25, -0.2) is 12.7 Å². The molecule has 0 aromatic heterocycles. The molecular weight excluding hydrogens is 364 g/mol. The molecule has 0 unspecified atom stereocenters. The fourth-order valence-electron chi connectivity index (χ4n) is 3.34. The van der Waals surface area contributed by atoms with Crippen LogP contribution < -0.4 is 10.1 Å². The first-order chi connectivity index (χ1) is 13.0. The number of hydrogen-bond donors (Lipinski definition) is 1. The van der Waals surface area contributed by atoms with Crippen molar-refractivity contribution in [1.82, 2.24) is 9.62 Å². The molecular formula is C20H26N2O4S. The summed E-state index contributed by atoms with van der Waals surface area (Å²) >= 11 is 0. The Kier molecular flexibility index (Phi) is 6.34. The van der Waals surface area contributed by atoms with Crippen LogP contribution in [0.25, 0.3) is 10.8 Å². The first-order valence-electron chi connectivity index (χ1n) is 9.37. The number of rotatable bonds is 7. The average molecular weight is 391 g/mol. The lowest BCUT2D eigenvalue weighted by Gasteiger charge is -2.30. The van der Waals surface area contributed by atoms with E-state index in [0.29, 0.717) is 32.5 Å². The summed E-state index contributed by atoms with van der Waals surface area (Å²) in [6.07, 6.45) is 1.43. The number of nitrogens with zero attached hydrogens (tertiary/aromatic N) is 1. The van der Waals surface area contributed by atoms with Gasteiger partial charge >= 0.3 is 0 Å². The highest BCUT2D eigenvalue weighted by Crippen LogP contribution is 2.21. The van der Waals surface area contributed by atoms with Crippen LogP contribution in [-0.2, 0) is 14.8 Å². The molecule has 6 nitrogen and oxygen atoms in total.